The lowest BCUT2D eigenvalue weighted by Gasteiger charge is -2.22. The minimum absolute atomic E-state index is 0.339. The van der Waals surface area contributed by atoms with Crippen molar-refractivity contribution in [3.8, 4) is 0 Å². The maximum absolute atomic E-state index is 13.7. The lowest BCUT2D eigenvalue weighted by atomic mass is 10.2. The molecule has 0 aliphatic rings. The molecule has 106 valence electrons. The number of aromatic carboxylic acids is 1. The molecule has 2 N–H and O–H groups in total. The Morgan fingerprint density at radius 3 is 2.47 bits per heavy atom. The van der Waals surface area contributed by atoms with E-state index in [0.717, 1.165) is 16.4 Å². The molecule has 1 aromatic carbocycles. The first-order valence-corrected chi connectivity index (χ1v) is 6.77. The maximum atomic E-state index is 13.7. The van der Waals surface area contributed by atoms with Gasteiger partial charge in [0.05, 0.1) is 12.2 Å². The van der Waals surface area contributed by atoms with Gasteiger partial charge in [-0.3, -0.25) is 0 Å². The highest BCUT2D eigenvalue weighted by atomic mass is 32.2. The number of aliphatic hydroxyl groups excluding tert-OH is 1. The van der Waals surface area contributed by atoms with E-state index in [1.165, 1.54) is 14.0 Å². The molecule has 0 saturated carbocycles. The molecule has 0 aliphatic carbocycles. The van der Waals surface area contributed by atoms with Crippen LogP contribution in [-0.4, -0.2) is 48.6 Å². The van der Waals surface area contributed by atoms with Crippen LogP contribution in [0.1, 0.15) is 17.3 Å². The molecular formula is C11H14FNO5S. The first kappa shape index (κ1) is 15.5. The lowest BCUT2D eigenvalue weighted by molar-refractivity contribution is 0.0696. The number of hydrogen-bond donors (Lipinski definition) is 2. The second kappa shape index (κ2) is 5.64. The van der Waals surface area contributed by atoms with E-state index in [9.17, 15) is 17.6 Å². The van der Waals surface area contributed by atoms with E-state index in [4.69, 9.17) is 10.2 Å². The average molecular weight is 291 g/mol. The van der Waals surface area contributed by atoms with Gasteiger partial charge < -0.3 is 10.2 Å². The molecule has 0 heterocycles. The van der Waals surface area contributed by atoms with Crippen LogP contribution < -0.4 is 0 Å². The third-order valence-corrected chi connectivity index (χ3v) is 4.73. The molecule has 0 aliphatic heterocycles. The Morgan fingerprint density at radius 2 is 2.05 bits per heavy atom. The summed E-state index contributed by atoms with van der Waals surface area (Å²) in [5.74, 6) is -2.49. The molecule has 0 aromatic heterocycles. The number of sulfonamides is 1. The maximum Gasteiger partial charge on any atom is 0.335 e. The Kier molecular flexibility index (Phi) is 4.61. The third kappa shape index (κ3) is 3.09. The number of hydrogen-bond acceptors (Lipinski definition) is 4. The van der Waals surface area contributed by atoms with Crippen LogP contribution >= 0.6 is 0 Å². The summed E-state index contributed by atoms with van der Waals surface area (Å²) in [6.45, 7) is 1.05. The number of benzene rings is 1. The fraction of sp³-hybridized carbons (Fsp3) is 0.364. The van der Waals surface area contributed by atoms with E-state index in [2.05, 4.69) is 0 Å². The number of carbonyl (C=O) groups is 1. The van der Waals surface area contributed by atoms with Crippen molar-refractivity contribution < 1.29 is 27.8 Å². The van der Waals surface area contributed by atoms with Crippen LogP contribution in [-0.2, 0) is 10.0 Å². The van der Waals surface area contributed by atoms with E-state index in [0.29, 0.717) is 6.07 Å². The molecule has 8 heteroatoms. The van der Waals surface area contributed by atoms with E-state index >= 15 is 0 Å². The first-order chi connectivity index (χ1) is 8.71. The van der Waals surface area contributed by atoms with Gasteiger partial charge in [-0.2, -0.15) is 4.31 Å². The lowest BCUT2D eigenvalue weighted by Crippen LogP contribution is -2.37. The Bertz CT molecular complexity index is 587. The summed E-state index contributed by atoms with van der Waals surface area (Å²) in [6.07, 6.45) is 0. The summed E-state index contributed by atoms with van der Waals surface area (Å²) in [6, 6.07) is 1.83. The van der Waals surface area contributed by atoms with E-state index < -0.39 is 39.4 Å². The second-order valence-electron chi connectivity index (χ2n) is 4.00. The summed E-state index contributed by atoms with van der Waals surface area (Å²) in [5, 5.41) is 17.6. The van der Waals surface area contributed by atoms with E-state index in [1.807, 2.05) is 0 Å². The second-order valence-corrected chi connectivity index (χ2v) is 5.97. The molecule has 1 rings (SSSR count). The number of nitrogens with zero attached hydrogens (tertiary/aromatic N) is 1. The Balaban J connectivity index is 3.27. The average Bonchev–Trinajstić information content (AvgIpc) is 2.36. The summed E-state index contributed by atoms with van der Waals surface area (Å²) in [7, 11) is -2.91. The molecule has 0 fully saturated rings. The highest BCUT2D eigenvalue weighted by Gasteiger charge is 2.28. The zero-order valence-corrected chi connectivity index (χ0v) is 11.2. The van der Waals surface area contributed by atoms with Gasteiger partial charge in [-0.05, 0) is 25.1 Å². The van der Waals surface area contributed by atoms with Crippen LogP contribution in [0.15, 0.2) is 23.1 Å². The van der Waals surface area contributed by atoms with Gasteiger partial charge >= 0.3 is 5.97 Å². The van der Waals surface area contributed by atoms with Gasteiger partial charge in [-0.15, -0.1) is 0 Å². The van der Waals surface area contributed by atoms with Gasteiger partial charge in [0.2, 0.25) is 10.0 Å². The molecule has 1 unspecified atom stereocenters. The van der Waals surface area contributed by atoms with Crippen molar-refractivity contribution in [2.45, 2.75) is 17.9 Å². The first-order valence-electron chi connectivity index (χ1n) is 5.33. The third-order valence-electron chi connectivity index (χ3n) is 2.72. The largest absolute Gasteiger partial charge is 0.478 e. The fourth-order valence-corrected chi connectivity index (χ4v) is 2.75. The van der Waals surface area contributed by atoms with Gasteiger partial charge in [0.1, 0.15) is 10.7 Å². The zero-order valence-electron chi connectivity index (χ0n) is 10.4. The van der Waals surface area contributed by atoms with Crippen LogP contribution in [0.2, 0.25) is 0 Å². The molecule has 0 bridgehead atoms. The molecule has 19 heavy (non-hydrogen) atoms. The summed E-state index contributed by atoms with van der Waals surface area (Å²) in [4.78, 5) is 10.0. The van der Waals surface area contributed by atoms with Crippen molar-refractivity contribution >= 4 is 16.0 Å². The van der Waals surface area contributed by atoms with Crippen LogP contribution in [0.4, 0.5) is 4.39 Å². The number of likely N-dealkylation sites (N-methyl/N-ethyl adjacent to an activating group) is 1. The smallest absolute Gasteiger partial charge is 0.335 e. The summed E-state index contributed by atoms with van der Waals surface area (Å²) in [5.41, 5.74) is -0.339. The van der Waals surface area contributed by atoms with Crippen molar-refractivity contribution in [2.75, 3.05) is 13.7 Å². The number of aliphatic hydroxyl groups is 1. The SMILES string of the molecule is CC(CO)N(C)S(=O)(=O)c1ccc(C(=O)O)cc1F. The van der Waals surface area contributed by atoms with Gasteiger partial charge in [0.15, 0.2) is 0 Å². The van der Waals surface area contributed by atoms with E-state index in [-0.39, 0.29) is 5.56 Å². The molecule has 1 atom stereocenters. The monoisotopic (exact) mass is 291 g/mol. The van der Waals surface area contributed by atoms with Gasteiger partial charge in [-0.1, -0.05) is 0 Å². The van der Waals surface area contributed by atoms with Gasteiger partial charge in [0.25, 0.3) is 0 Å². The predicted octanol–water partition coefficient (Wildman–Crippen LogP) is 0.525. The van der Waals surface area contributed by atoms with Crippen LogP contribution in [0, 0.1) is 5.82 Å². The quantitative estimate of drug-likeness (QED) is 0.825. The zero-order chi connectivity index (χ0) is 14.8. The molecule has 0 spiro atoms. The molecule has 1 aromatic rings. The van der Waals surface area contributed by atoms with Crippen molar-refractivity contribution in [3.63, 3.8) is 0 Å². The van der Waals surface area contributed by atoms with Gasteiger partial charge in [0, 0.05) is 13.1 Å². The molecule has 6 nitrogen and oxygen atoms in total. The number of carboxylic acid groups (broad SMARTS) is 1. The van der Waals surface area contributed by atoms with E-state index in [1.54, 1.807) is 0 Å². The Labute approximate surface area is 110 Å². The van der Waals surface area contributed by atoms with Gasteiger partial charge in [-0.25, -0.2) is 17.6 Å². The number of halogens is 1. The van der Waals surface area contributed by atoms with Crippen LogP contribution in [0.25, 0.3) is 0 Å². The van der Waals surface area contributed by atoms with Crippen molar-refractivity contribution in [2.24, 2.45) is 0 Å². The molecular weight excluding hydrogens is 277 g/mol. The highest BCUT2D eigenvalue weighted by Crippen LogP contribution is 2.21. The highest BCUT2D eigenvalue weighted by molar-refractivity contribution is 7.89. The predicted molar refractivity (Wildman–Crippen MR) is 64.9 cm³/mol. The number of rotatable bonds is 5. The standard InChI is InChI=1S/C11H14FNO5S/c1-7(6-14)13(2)19(17,18)10-4-3-8(11(15)16)5-9(10)12/h3-5,7,14H,6H2,1-2H3,(H,15,16). The Hall–Kier alpha value is -1.51. The van der Waals surface area contributed by atoms with Crippen molar-refractivity contribution in [3.05, 3.63) is 29.6 Å². The minimum Gasteiger partial charge on any atom is -0.478 e. The normalized spacial score (nSPS) is 13.5. The van der Waals surface area contributed by atoms with Crippen LogP contribution in [0.3, 0.4) is 0 Å². The van der Waals surface area contributed by atoms with Crippen molar-refractivity contribution in [1.82, 2.24) is 4.31 Å². The molecule has 0 amide bonds. The fourth-order valence-electron chi connectivity index (χ4n) is 1.35. The Morgan fingerprint density at radius 1 is 1.47 bits per heavy atom. The summed E-state index contributed by atoms with van der Waals surface area (Å²) < 4.78 is 38.7. The topological polar surface area (TPSA) is 94.9 Å². The summed E-state index contributed by atoms with van der Waals surface area (Å²) >= 11 is 0. The molecule has 0 radical (unpaired) electrons. The number of carboxylic acids is 1. The molecule has 0 saturated heterocycles. The minimum atomic E-state index is -4.12. The van der Waals surface area contributed by atoms with Crippen molar-refractivity contribution in [1.29, 1.82) is 0 Å². The van der Waals surface area contributed by atoms with Crippen LogP contribution in [0.5, 0.6) is 0 Å².